The molecule has 74 valence electrons. The number of rotatable bonds is 5. The first-order chi connectivity index (χ1) is 5.37. The molecule has 0 saturated carbocycles. The van der Waals surface area contributed by atoms with Crippen LogP contribution in [0.2, 0.25) is 0 Å². The van der Waals surface area contributed by atoms with Crippen LogP contribution < -0.4 is 0 Å². The molecular weight excluding hydrogens is 219 g/mol. The fourth-order valence-corrected chi connectivity index (χ4v) is 3.44. The third-order valence-corrected chi connectivity index (χ3v) is 3.79. The number of hydrogen-bond donors (Lipinski definition) is 2. The van der Waals surface area contributed by atoms with Crippen molar-refractivity contribution >= 4 is 29.4 Å². The maximum atomic E-state index is 10.5. The second kappa shape index (κ2) is 5.52. The van der Waals surface area contributed by atoms with Gasteiger partial charge in [-0.05, 0) is 12.2 Å². The van der Waals surface area contributed by atoms with Crippen LogP contribution in [0.1, 0.15) is 13.8 Å². The fourth-order valence-electron chi connectivity index (χ4n) is 0.481. The smallest absolute Gasteiger partial charge is 0.303 e. The summed E-state index contributed by atoms with van der Waals surface area (Å²) in [7, 11) is -1.60. The molecule has 4 nitrogen and oxygen atoms in total. The molecule has 0 radical (unpaired) electrons. The highest BCUT2D eigenvalue weighted by Crippen LogP contribution is 2.44. The van der Waals surface area contributed by atoms with Gasteiger partial charge in [0.05, 0.1) is 0 Å². The highest BCUT2D eigenvalue weighted by atomic mass is 33.1. The first-order valence-corrected chi connectivity index (χ1v) is 7.45. The van der Waals surface area contributed by atoms with E-state index in [1.54, 1.807) is 0 Å². The third-order valence-electron chi connectivity index (χ3n) is 0.977. The Hall–Kier alpha value is 0.810. The minimum absolute atomic E-state index is 0.0788. The van der Waals surface area contributed by atoms with Crippen molar-refractivity contribution in [2.75, 3.05) is 6.26 Å². The highest BCUT2D eigenvalue weighted by Gasteiger charge is 2.24. The van der Waals surface area contributed by atoms with Gasteiger partial charge in [0, 0.05) is 0 Å². The zero-order chi connectivity index (χ0) is 9.78. The van der Waals surface area contributed by atoms with Gasteiger partial charge in [0.2, 0.25) is 0 Å². The molecule has 1 atom stereocenters. The van der Waals surface area contributed by atoms with E-state index in [4.69, 9.17) is 9.79 Å². The van der Waals surface area contributed by atoms with Gasteiger partial charge in [0.15, 0.2) is 0 Å². The van der Waals surface area contributed by atoms with Gasteiger partial charge in [-0.25, -0.2) is 4.57 Å². The molecule has 0 aliphatic heterocycles. The molecule has 0 spiro atoms. The Bertz CT molecular complexity index is 169. The van der Waals surface area contributed by atoms with E-state index < -0.39 is 13.3 Å². The summed E-state index contributed by atoms with van der Waals surface area (Å²) in [6.07, 6.45) is 1.84. The standard InChI is InChI=1S/C5H13O4PS2/c1-4(2)5(12-11-3)9-10(6,7)8/h4-5H,1-3H3,(H2,6,7,8)/t5-/m0/s1. The Morgan fingerprint density at radius 2 is 1.92 bits per heavy atom. The van der Waals surface area contributed by atoms with Gasteiger partial charge < -0.3 is 9.79 Å². The van der Waals surface area contributed by atoms with E-state index in [-0.39, 0.29) is 5.92 Å². The van der Waals surface area contributed by atoms with Crippen LogP contribution in [-0.4, -0.2) is 21.5 Å². The van der Waals surface area contributed by atoms with Crippen LogP contribution >= 0.6 is 29.4 Å². The van der Waals surface area contributed by atoms with E-state index in [2.05, 4.69) is 4.52 Å². The van der Waals surface area contributed by atoms with Gasteiger partial charge in [-0.15, -0.1) is 0 Å². The molecular formula is C5H13O4PS2. The Morgan fingerprint density at radius 3 is 2.17 bits per heavy atom. The Morgan fingerprint density at radius 1 is 1.42 bits per heavy atom. The molecule has 0 aliphatic carbocycles. The molecule has 0 heterocycles. The summed E-state index contributed by atoms with van der Waals surface area (Å²) in [5.41, 5.74) is -0.458. The Labute approximate surface area is 80.1 Å². The van der Waals surface area contributed by atoms with E-state index in [0.29, 0.717) is 0 Å². The molecule has 0 bridgehead atoms. The lowest BCUT2D eigenvalue weighted by Gasteiger charge is -2.19. The Kier molecular flexibility index (Phi) is 5.89. The Balaban J connectivity index is 4.05. The number of phosphoric acid groups is 1. The van der Waals surface area contributed by atoms with Crippen LogP contribution in [0.4, 0.5) is 0 Å². The van der Waals surface area contributed by atoms with Crippen molar-refractivity contribution in [2.24, 2.45) is 5.92 Å². The molecule has 7 heteroatoms. The van der Waals surface area contributed by atoms with Crippen LogP contribution in [0.15, 0.2) is 0 Å². The molecule has 0 saturated heterocycles. The molecule has 0 fully saturated rings. The lowest BCUT2D eigenvalue weighted by atomic mass is 10.2. The average Bonchev–Trinajstić information content (AvgIpc) is 1.83. The minimum atomic E-state index is -4.34. The summed E-state index contributed by atoms with van der Waals surface area (Å²) in [6, 6.07) is 0. The maximum absolute atomic E-state index is 10.5. The summed E-state index contributed by atoms with van der Waals surface area (Å²) >= 11 is 0. The van der Waals surface area contributed by atoms with Gasteiger partial charge in [-0.3, -0.25) is 4.52 Å². The van der Waals surface area contributed by atoms with Gasteiger partial charge in [0.1, 0.15) is 5.44 Å². The fraction of sp³-hybridized carbons (Fsp3) is 1.00. The first kappa shape index (κ1) is 12.8. The molecule has 0 rings (SSSR count). The molecule has 0 aromatic rings. The predicted molar refractivity (Wildman–Crippen MR) is 52.9 cm³/mol. The normalized spacial score (nSPS) is 15.2. The second-order valence-electron chi connectivity index (χ2n) is 2.47. The van der Waals surface area contributed by atoms with E-state index in [1.165, 1.54) is 21.6 Å². The quantitative estimate of drug-likeness (QED) is 0.430. The third kappa shape index (κ3) is 6.34. The zero-order valence-electron chi connectivity index (χ0n) is 7.13. The predicted octanol–water partition coefficient (Wildman–Crippen LogP) is 2.09. The largest absolute Gasteiger partial charge is 0.470 e. The van der Waals surface area contributed by atoms with Crippen molar-refractivity contribution < 1.29 is 18.9 Å². The van der Waals surface area contributed by atoms with Gasteiger partial charge in [-0.1, -0.05) is 35.4 Å². The van der Waals surface area contributed by atoms with Crippen molar-refractivity contribution in [1.82, 2.24) is 0 Å². The van der Waals surface area contributed by atoms with Crippen LogP contribution in [0.25, 0.3) is 0 Å². The topological polar surface area (TPSA) is 66.8 Å². The highest BCUT2D eigenvalue weighted by molar-refractivity contribution is 8.76. The summed E-state index contributed by atoms with van der Waals surface area (Å²) in [6.45, 7) is 3.70. The average molecular weight is 232 g/mol. The SMILES string of the molecule is CSS[C@H](OP(=O)(O)O)C(C)C. The first-order valence-electron chi connectivity index (χ1n) is 3.30. The molecule has 0 aliphatic rings. The number of hydrogen-bond acceptors (Lipinski definition) is 4. The van der Waals surface area contributed by atoms with Crippen LogP contribution in [-0.2, 0) is 9.09 Å². The monoisotopic (exact) mass is 232 g/mol. The number of phosphoric ester groups is 1. The molecule has 12 heavy (non-hydrogen) atoms. The van der Waals surface area contributed by atoms with Crippen molar-refractivity contribution in [3.63, 3.8) is 0 Å². The van der Waals surface area contributed by atoms with Crippen molar-refractivity contribution in [3.05, 3.63) is 0 Å². The second-order valence-corrected chi connectivity index (χ2v) is 6.23. The van der Waals surface area contributed by atoms with Crippen molar-refractivity contribution in [3.8, 4) is 0 Å². The van der Waals surface area contributed by atoms with E-state index in [1.807, 2.05) is 20.1 Å². The molecule has 0 unspecified atom stereocenters. The van der Waals surface area contributed by atoms with Gasteiger partial charge in [0.25, 0.3) is 0 Å². The van der Waals surface area contributed by atoms with E-state index in [0.717, 1.165) is 0 Å². The lowest BCUT2D eigenvalue weighted by molar-refractivity contribution is 0.157. The summed E-state index contributed by atoms with van der Waals surface area (Å²) in [5.74, 6) is 0.0788. The zero-order valence-corrected chi connectivity index (χ0v) is 9.66. The van der Waals surface area contributed by atoms with E-state index in [9.17, 15) is 4.57 Å². The summed E-state index contributed by atoms with van der Waals surface area (Å²) in [4.78, 5) is 17.1. The molecule has 0 aromatic carbocycles. The van der Waals surface area contributed by atoms with Crippen LogP contribution in [0.5, 0.6) is 0 Å². The van der Waals surface area contributed by atoms with Crippen molar-refractivity contribution in [1.29, 1.82) is 0 Å². The van der Waals surface area contributed by atoms with Gasteiger partial charge in [-0.2, -0.15) is 0 Å². The van der Waals surface area contributed by atoms with Crippen molar-refractivity contribution in [2.45, 2.75) is 19.3 Å². The summed E-state index contributed by atoms with van der Waals surface area (Å²) < 4.78 is 15.0. The van der Waals surface area contributed by atoms with Crippen LogP contribution in [0, 0.1) is 5.92 Å². The maximum Gasteiger partial charge on any atom is 0.470 e. The van der Waals surface area contributed by atoms with E-state index >= 15 is 0 Å². The molecule has 0 amide bonds. The summed E-state index contributed by atoms with van der Waals surface area (Å²) in [5, 5.41) is 0. The van der Waals surface area contributed by atoms with Gasteiger partial charge >= 0.3 is 7.82 Å². The van der Waals surface area contributed by atoms with Crippen LogP contribution in [0.3, 0.4) is 0 Å². The molecule has 2 N–H and O–H groups in total. The minimum Gasteiger partial charge on any atom is -0.303 e. The molecule has 0 aromatic heterocycles. The lowest BCUT2D eigenvalue weighted by Crippen LogP contribution is -2.12.